The van der Waals surface area contributed by atoms with Crippen LogP contribution in [0.3, 0.4) is 0 Å². The van der Waals surface area contributed by atoms with E-state index >= 15 is 0 Å². The number of amides is 8. The molecule has 60 heavy (non-hydrogen) atoms. The molecule has 2 aliphatic heterocycles. The first-order valence-corrected chi connectivity index (χ1v) is 19.8. The number of carbonyl (C=O) groups is 7. The van der Waals surface area contributed by atoms with Crippen LogP contribution < -0.4 is 65.1 Å². The van der Waals surface area contributed by atoms with Crippen molar-refractivity contribution in [1.29, 1.82) is 0 Å². The second-order valence-corrected chi connectivity index (χ2v) is 14.9. The smallest absolute Gasteiger partial charge is 0.323 e. The molecule has 3 aliphatic rings. The van der Waals surface area contributed by atoms with Gasteiger partial charge in [-0.3, -0.25) is 33.8 Å². The maximum atomic E-state index is 13.9. The summed E-state index contributed by atoms with van der Waals surface area (Å²) >= 11 is 6.48. The zero-order valence-electron chi connectivity index (χ0n) is 32.7. The van der Waals surface area contributed by atoms with E-state index < -0.39 is 116 Å². The van der Waals surface area contributed by atoms with Gasteiger partial charge in [0.2, 0.25) is 29.5 Å². The van der Waals surface area contributed by atoms with Crippen molar-refractivity contribution in [3.05, 3.63) is 40.7 Å². The number of aliphatic hydroxyl groups excluding tert-OH is 3. The number of nitrogens with two attached hydrogens (primary N) is 3. The summed E-state index contributed by atoms with van der Waals surface area (Å²) in [5, 5.41) is 52.2. The quantitative estimate of drug-likeness (QED) is 0.0878. The van der Waals surface area contributed by atoms with E-state index in [4.69, 9.17) is 28.8 Å². The lowest BCUT2D eigenvalue weighted by atomic mass is 9.97. The van der Waals surface area contributed by atoms with Crippen LogP contribution in [0.5, 0.6) is 0 Å². The Bertz CT molecular complexity index is 1810. The van der Waals surface area contributed by atoms with E-state index in [0.717, 1.165) is 37.4 Å². The normalized spacial score (nSPS) is 25.3. The van der Waals surface area contributed by atoms with Gasteiger partial charge < -0.3 is 80.4 Å². The number of nitrogens with zero attached hydrogens (tertiary/aromatic N) is 1. The summed E-state index contributed by atoms with van der Waals surface area (Å²) in [6, 6.07) is -4.39. The number of hydrogen-bond donors (Lipinski definition) is 15. The fourth-order valence-corrected chi connectivity index (χ4v) is 6.95. The Hall–Kier alpha value is -5.59. The van der Waals surface area contributed by atoms with Gasteiger partial charge in [0, 0.05) is 31.8 Å². The van der Waals surface area contributed by atoms with E-state index in [1.165, 1.54) is 0 Å². The molecule has 8 amide bonds. The molecule has 0 aromatic heterocycles. The summed E-state index contributed by atoms with van der Waals surface area (Å²) in [4.78, 5) is 98.1. The molecular weight excluding hydrogens is 810 g/mol. The zero-order valence-corrected chi connectivity index (χ0v) is 33.4. The first-order chi connectivity index (χ1) is 28.6. The summed E-state index contributed by atoms with van der Waals surface area (Å²) in [6.07, 6.45) is 3.67. The van der Waals surface area contributed by atoms with Gasteiger partial charge in [-0.2, -0.15) is 0 Å². The average Bonchev–Trinajstić information content (AvgIpc) is 3.76. The Balaban J connectivity index is 1.64. The van der Waals surface area contributed by atoms with E-state index in [1.54, 1.807) is 12.1 Å². The van der Waals surface area contributed by atoms with Crippen LogP contribution in [0, 0.1) is 0 Å². The zero-order chi connectivity index (χ0) is 43.9. The summed E-state index contributed by atoms with van der Waals surface area (Å²) in [5.74, 6) is -6.07. The summed E-state index contributed by atoms with van der Waals surface area (Å²) in [7, 11) is 0. The largest absolute Gasteiger partial charge is 0.394 e. The fraction of sp³-hybridized carbons (Fsp3) is 0.556. The number of benzene rings is 1. The highest BCUT2D eigenvalue weighted by Crippen LogP contribution is 2.36. The van der Waals surface area contributed by atoms with E-state index in [1.807, 2.05) is 6.07 Å². The standard InChI is InChI=1S/C36H54ClN13O10/c37-19-11-18(17-3-1-2-4-17)5-6-21(19)49-36(60)43-14-24-31(56)50-29(22-8-10-41-35(40)48-22)34(59)42-13-23(44-28(54)12-20(39)27(53)7-9-38)30(55)46-26(16-52)33(58)47-25(15-51)32(57)45-24/h5-6,11,14,17,20,22-23,25-27,29,51-53H,1-4,7-10,12-13,15-16,38-39H2,(H,42,59)(H,44,54)(H,45,57)(H,46,55)(H,47,58)(H,50,56)(H3,40,41,48)(H2,43,49,60)/b24-14-/t20-,22?,23?,25-,26-,27-,29-/m1/s1. The van der Waals surface area contributed by atoms with Gasteiger partial charge in [-0.05, 0) is 55.8 Å². The molecule has 0 radical (unpaired) electrons. The summed E-state index contributed by atoms with van der Waals surface area (Å²) in [5.41, 5.74) is 17.9. The second-order valence-electron chi connectivity index (χ2n) is 14.5. The van der Waals surface area contributed by atoms with Gasteiger partial charge in [-0.1, -0.05) is 30.5 Å². The van der Waals surface area contributed by atoms with E-state index in [9.17, 15) is 48.9 Å². The molecule has 1 aromatic carbocycles. The molecule has 23 nitrogen and oxygen atoms in total. The number of halogens is 1. The Morgan fingerprint density at radius 3 is 2.28 bits per heavy atom. The Kier molecular flexibility index (Phi) is 17.8. The van der Waals surface area contributed by atoms with Crippen molar-refractivity contribution in [2.24, 2.45) is 22.2 Å². The molecule has 2 heterocycles. The van der Waals surface area contributed by atoms with Gasteiger partial charge in [0.1, 0.15) is 29.9 Å². The van der Waals surface area contributed by atoms with Gasteiger partial charge in [0.15, 0.2) is 5.96 Å². The molecule has 330 valence electrons. The van der Waals surface area contributed by atoms with Crippen LogP contribution in [0.1, 0.15) is 56.4 Å². The van der Waals surface area contributed by atoms with Crippen molar-refractivity contribution in [2.45, 2.75) is 93.2 Å². The summed E-state index contributed by atoms with van der Waals surface area (Å²) in [6.45, 7) is -2.52. The number of urea groups is 1. The number of aliphatic hydroxyl groups is 3. The highest BCUT2D eigenvalue weighted by atomic mass is 35.5. The number of hydrogen-bond acceptors (Lipinski definition) is 15. The van der Waals surface area contributed by atoms with Gasteiger partial charge in [-0.15, -0.1) is 0 Å². The number of anilines is 1. The molecule has 7 atom stereocenters. The number of carbonyl (C=O) groups excluding carboxylic acids is 7. The predicted octanol–water partition coefficient (Wildman–Crippen LogP) is -4.77. The van der Waals surface area contributed by atoms with E-state index in [-0.39, 0.29) is 42.6 Å². The third-order valence-electron chi connectivity index (χ3n) is 10.1. The van der Waals surface area contributed by atoms with Crippen LogP contribution in [0.15, 0.2) is 35.1 Å². The first-order valence-electron chi connectivity index (χ1n) is 19.4. The molecule has 0 bridgehead atoms. The van der Waals surface area contributed by atoms with Crippen molar-refractivity contribution in [2.75, 3.05) is 38.2 Å². The van der Waals surface area contributed by atoms with Gasteiger partial charge in [0.05, 0.1) is 36.1 Å². The topological polar surface area (TPSA) is 379 Å². The van der Waals surface area contributed by atoms with E-state index in [0.29, 0.717) is 5.92 Å². The molecule has 1 saturated carbocycles. The lowest BCUT2D eigenvalue weighted by Gasteiger charge is -2.31. The van der Waals surface area contributed by atoms with Gasteiger partial charge in [0.25, 0.3) is 5.91 Å². The van der Waals surface area contributed by atoms with Crippen LogP contribution in [0.25, 0.3) is 0 Å². The van der Waals surface area contributed by atoms with Crippen LogP contribution in [-0.4, -0.2) is 138 Å². The second kappa shape index (κ2) is 22.7. The number of guanidine groups is 1. The monoisotopic (exact) mass is 863 g/mol. The average molecular weight is 864 g/mol. The number of nitrogens with one attached hydrogen (secondary N) is 9. The number of aliphatic imine (C=N–C) groups is 1. The molecule has 1 aromatic rings. The number of rotatable bonds is 12. The highest BCUT2D eigenvalue weighted by molar-refractivity contribution is 6.33. The third-order valence-corrected chi connectivity index (χ3v) is 10.4. The predicted molar refractivity (Wildman–Crippen MR) is 216 cm³/mol. The van der Waals surface area contributed by atoms with Gasteiger partial charge in [-0.25, -0.2) is 4.79 Å². The molecule has 1 aliphatic carbocycles. The molecule has 0 spiro atoms. The van der Waals surface area contributed by atoms with Crippen molar-refractivity contribution in [3.63, 3.8) is 0 Å². The Morgan fingerprint density at radius 1 is 0.950 bits per heavy atom. The maximum Gasteiger partial charge on any atom is 0.323 e. The SMILES string of the molecule is NCC[C@@H](O)[C@H](N)CC(=O)NC1CNC(=O)[C@@H](C2CCN=C(N)N2)NC(=O)/C(=C/NC(=O)Nc2ccc(C3CCCC3)cc2Cl)NC(=O)[C@@H](CO)NC(=O)[C@@H](CO)NC1=O. The van der Waals surface area contributed by atoms with Crippen molar-refractivity contribution in [3.8, 4) is 0 Å². The van der Waals surface area contributed by atoms with Crippen molar-refractivity contribution < 1.29 is 48.9 Å². The highest BCUT2D eigenvalue weighted by Gasteiger charge is 2.36. The molecule has 18 N–H and O–H groups in total. The molecule has 4 rings (SSSR count). The fourth-order valence-electron chi connectivity index (χ4n) is 6.71. The van der Waals surface area contributed by atoms with Crippen LogP contribution in [-0.2, 0) is 28.8 Å². The lowest BCUT2D eigenvalue weighted by Crippen LogP contribution is -2.64. The Morgan fingerprint density at radius 2 is 1.63 bits per heavy atom. The minimum atomic E-state index is -1.80. The van der Waals surface area contributed by atoms with Gasteiger partial charge >= 0.3 is 6.03 Å². The van der Waals surface area contributed by atoms with Crippen molar-refractivity contribution >= 4 is 64.7 Å². The van der Waals surface area contributed by atoms with Crippen LogP contribution >= 0.6 is 11.6 Å². The molecule has 1 saturated heterocycles. The minimum Gasteiger partial charge on any atom is -0.394 e. The molecule has 24 heteroatoms. The van der Waals surface area contributed by atoms with Crippen LogP contribution in [0.4, 0.5) is 10.5 Å². The first kappa shape index (κ1) is 47.1. The lowest BCUT2D eigenvalue weighted by molar-refractivity contribution is -0.135. The van der Waals surface area contributed by atoms with Crippen molar-refractivity contribution in [1.82, 2.24) is 42.5 Å². The molecule has 2 unspecified atom stereocenters. The minimum absolute atomic E-state index is 0.0629. The molecule has 2 fully saturated rings. The Labute approximate surface area is 349 Å². The van der Waals surface area contributed by atoms with Crippen LogP contribution in [0.2, 0.25) is 5.02 Å². The van der Waals surface area contributed by atoms with E-state index in [2.05, 4.69) is 52.8 Å². The molecular formula is C36H54ClN13O10. The summed E-state index contributed by atoms with van der Waals surface area (Å²) < 4.78 is 0. The maximum absolute atomic E-state index is 13.9. The third kappa shape index (κ3) is 13.5.